The van der Waals surface area contributed by atoms with E-state index in [4.69, 9.17) is 23.2 Å². The molecular formula is C11H4Br2Cl2OS. The third kappa shape index (κ3) is 2.93. The minimum absolute atomic E-state index is 0.0695. The smallest absolute Gasteiger partial charge is 0.203 e. The fourth-order valence-corrected chi connectivity index (χ4v) is 3.40. The molecule has 0 fully saturated rings. The van der Waals surface area contributed by atoms with Gasteiger partial charge in [0.2, 0.25) is 5.78 Å². The van der Waals surface area contributed by atoms with Crippen LogP contribution in [0.1, 0.15) is 15.2 Å². The molecule has 1 heterocycles. The third-order valence-corrected chi connectivity index (χ3v) is 5.74. The van der Waals surface area contributed by atoms with Crippen molar-refractivity contribution in [1.29, 1.82) is 0 Å². The number of halogens is 4. The van der Waals surface area contributed by atoms with Crippen LogP contribution < -0.4 is 0 Å². The molecule has 0 aliphatic heterocycles. The lowest BCUT2D eigenvalue weighted by atomic mass is 10.1. The minimum Gasteiger partial charge on any atom is -0.288 e. The van der Waals surface area contributed by atoms with Crippen LogP contribution in [0.15, 0.2) is 32.5 Å². The highest BCUT2D eigenvalue weighted by Crippen LogP contribution is 2.34. The Bertz CT molecular complexity index is 576. The summed E-state index contributed by atoms with van der Waals surface area (Å²) in [4.78, 5) is 12.7. The molecule has 2 rings (SSSR count). The van der Waals surface area contributed by atoms with Crippen molar-refractivity contribution in [1.82, 2.24) is 0 Å². The maximum Gasteiger partial charge on any atom is 0.203 e. The third-order valence-electron chi connectivity index (χ3n) is 2.05. The van der Waals surface area contributed by atoms with Crippen molar-refractivity contribution < 1.29 is 4.79 Å². The number of thiophene rings is 1. The SMILES string of the molecule is O=C(c1ccc(Cl)c(Br)c1)c1cc(Cl)c(Br)s1. The molecule has 1 aromatic carbocycles. The number of carbonyl (C=O) groups is 1. The first-order valence-electron chi connectivity index (χ1n) is 4.43. The summed E-state index contributed by atoms with van der Waals surface area (Å²) in [5, 5.41) is 1.12. The Morgan fingerprint density at radius 1 is 1.12 bits per heavy atom. The number of hydrogen-bond acceptors (Lipinski definition) is 2. The highest BCUT2D eigenvalue weighted by molar-refractivity contribution is 9.11. The molecule has 0 atom stereocenters. The Labute approximate surface area is 129 Å². The molecule has 0 unspecified atom stereocenters. The van der Waals surface area contributed by atoms with Gasteiger partial charge in [-0.15, -0.1) is 11.3 Å². The number of rotatable bonds is 2. The lowest BCUT2D eigenvalue weighted by Crippen LogP contribution is -1.98. The van der Waals surface area contributed by atoms with Crippen molar-refractivity contribution >= 4 is 72.2 Å². The molecule has 0 aliphatic rings. The standard InChI is InChI=1S/C11H4Br2Cl2OS/c12-6-3-5(1-2-7(6)14)10(16)9-4-8(15)11(13)17-9/h1-4H. The van der Waals surface area contributed by atoms with Crippen LogP contribution in [0.4, 0.5) is 0 Å². The zero-order chi connectivity index (χ0) is 12.6. The lowest BCUT2D eigenvalue weighted by molar-refractivity contribution is 0.104. The molecule has 17 heavy (non-hydrogen) atoms. The Balaban J connectivity index is 2.40. The van der Waals surface area contributed by atoms with Crippen LogP contribution in [0.5, 0.6) is 0 Å². The van der Waals surface area contributed by atoms with Gasteiger partial charge in [0.25, 0.3) is 0 Å². The lowest BCUT2D eigenvalue weighted by Gasteiger charge is -2.00. The summed E-state index contributed by atoms with van der Waals surface area (Å²) in [5.74, 6) is -0.0695. The molecule has 0 N–H and O–H groups in total. The van der Waals surface area contributed by atoms with Crippen LogP contribution in [0.2, 0.25) is 10.0 Å². The summed E-state index contributed by atoms with van der Waals surface area (Å²) in [6.45, 7) is 0. The second-order valence-corrected chi connectivity index (χ2v) is 7.23. The first-order chi connectivity index (χ1) is 7.99. The number of benzene rings is 1. The first-order valence-corrected chi connectivity index (χ1v) is 7.59. The number of hydrogen-bond donors (Lipinski definition) is 0. The zero-order valence-electron chi connectivity index (χ0n) is 8.14. The van der Waals surface area contributed by atoms with Crippen molar-refractivity contribution in [2.24, 2.45) is 0 Å². The van der Waals surface area contributed by atoms with Gasteiger partial charge in [0.1, 0.15) is 0 Å². The molecule has 0 saturated heterocycles. The van der Waals surface area contributed by atoms with E-state index in [-0.39, 0.29) is 5.78 Å². The maximum absolute atomic E-state index is 12.1. The zero-order valence-corrected chi connectivity index (χ0v) is 13.6. The Hall–Kier alpha value is 0.130. The van der Waals surface area contributed by atoms with Gasteiger partial charge in [-0.2, -0.15) is 0 Å². The number of carbonyl (C=O) groups excluding carboxylic acids is 1. The van der Waals surface area contributed by atoms with Crippen LogP contribution in [0.3, 0.4) is 0 Å². The average molecular weight is 415 g/mol. The van der Waals surface area contributed by atoms with Gasteiger partial charge in [-0.3, -0.25) is 4.79 Å². The van der Waals surface area contributed by atoms with E-state index in [0.29, 0.717) is 25.0 Å². The van der Waals surface area contributed by atoms with Crippen molar-refractivity contribution in [3.8, 4) is 0 Å². The maximum atomic E-state index is 12.1. The summed E-state index contributed by atoms with van der Waals surface area (Å²) in [5.41, 5.74) is 0.576. The largest absolute Gasteiger partial charge is 0.288 e. The van der Waals surface area contributed by atoms with E-state index >= 15 is 0 Å². The Kier molecular flexibility index (Phi) is 4.31. The van der Waals surface area contributed by atoms with Gasteiger partial charge in [0, 0.05) is 10.0 Å². The summed E-state index contributed by atoms with van der Waals surface area (Å²) < 4.78 is 1.46. The van der Waals surface area contributed by atoms with Gasteiger partial charge in [-0.05, 0) is 56.1 Å². The second-order valence-electron chi connectivity index (χ2n) is 3.19. The molecule has 88 valence electrons. The molecule has 0 spiro atoms. The molecule has 0 radical (unpaired) electrons. The van der Waals surface area contributed by atoms with Crippen LogP contribution in [0.25, 0.3) is 0 Å². The van der Waals surface area contributed by atoms with Gasteiger partial charge in [-0.1, -0.05) is 23.2 Å². The molecule has 0 bridgehead atoms. The van der Waals surface area contributed by atoms with Gasteiger partial charge in [0.05, 0.1) is 18.7 Å². The molecule has 0 aliphatic carbocycles. The van der Waals surface area contributed by atoms with Crippen molar-refractivity contribution in [2.45, 2.75) is 0 Å². The van der Waals surface area contributed by atoms with E-state index in [9.17, 15) is 4.79 Å². The highest BCUT2D eigenvalue weighted by Gasteiger charge is 2.15. The van der Waals surface area contributed by atoms with Gasteiger partial charge < -0.3 is 0 Å². The molecule has 0 saturated carbocycles. The van der Waals surface area contributed by atoms with E-state index in [0.717, 1.165) is 3.79 Å². The Morgan fingerprint density at radius 2 is 1.82 bits per heavy atom. The van der Waals surface area contributed by atoms with E-state index in [1.807, 2.05) is 0 Å². The highest BCUT2D eigenvalue weighted by atomic mass is 79.9. The van der Waals surface area contributed by atoms with Crippen molar-refractivity contribution in [3.63, 3.8) is 0 Å². The molecule has 6 heteroatoms. The molecule has 2 aromatic rings. The topological polar surface area (TPSA) is 17.1 Å². The van der Waals surface area contributed by atoms with Gasteiger partial charge in [0.15, 0.2) is 0 Å². The fourth-order valence-electron chi connectivity index (χ4n) is 1.24. The van der Waals surface area contributed by atoms with E-state index in [2.05, 4.69) is 31.9 Å². The monoisotopic (exact) mass is 412 g/mol. The van der Waals surface area contributed by atoms with Crippen LogP contribution in [-0.4, -0.2) is 5.78 Å². The predicted molar refractivity (Wildman–Crippen MR) is 79.6 cm³/mol. The van der Waals surface area contributed by atoms with Crippen molar-refractivity contribution in [3.05, 3.63) is 53.0 Å². The number of ketones is 1. The Morgan fingerprint density at radius 3 is 2.35 bits per heavy atom. The molecule has 1 aromatic heterocycles. The predicted octanol–water partition coefficient (Wildman–Crippen LogP) is 5.81. The van der Waals surface area contributed by atoms with E-state index in [1.165, 1.54) is 11.3 Å². The van der Waals surface area contributed by atoms with Crippen LogP contribution in [-0.2, 0) is 0 Å². The quantitative estimate of drug-likeness (QED) is 0.566. The summed E-state index contributed by atoms with van der Waals surface area (Å²) in [6.07, 6.45) is 0. The van der Waals surface area contributed by atoms with Crippen LogP contribution >= 0.6 is 66.4 Å². The van der Waals surface area contributed by atoms with Gasteiger partial charge in [-0.25, -0.2) is 0 Å². The van der Waals surface area contributed by atoms with Crippen LogP contribution in [0, 0.1) is 0 Å². The minimum atomic E-state index is -0.0695. The normalized spacial score (nSPS) is 10.6. The van der Waals surface area contributed by atoms with E-state index in [1.54, 1.807) is 24.3 Å². The average Bonchev–Trinajstić information content (AvgIpc) is 2.62. The molecular weight excluding hydrogens is 411 g/mol. The molecule has 1 nitrogen and oxygen atoms in total. The van der Waals surface area contributed by atoms with Gasteiger partial charge >= 0.3 is 0 Å². The molecule has 0 amide bonds. The summed E-state index contributed by atoms with van der Waals surface area (Å²) in [6, 6.07) is 6.73. The summed E-state index contributed by atoms with van der Waals surface area (Å²) in [7, 11) is 0. The fraction of sp³-hybridized carbons (Fsp3) is 0. The summed E-state index contributed by atoms with van der Waals surface area (Å²) >= 11 is 19.7. The van der Waals surface area contributed by atoms with Crippen molar-refractivity contribution in [2.75, 3.05) is 0 Å². The first kappa shape index (κ1) is 13.6. The second kappa shape index (κ2) is 5.41. The van der Waals surface area contributed by atoms with E-state index < -0.39 is 0 Å².